The van der Waals surface area contributed by atoms with Crippen LogP contribution in [0.25, 0.3) is 0 Å². The Kier molecular flexibility index (Phi) is 8.52. The summed E-state index contributed by atoms with van der Waals surface area (Å²) in [6.45, 7) is 5.31. The second-order valence-corrected chi connectivity index (χ2v) is 9.74. The molecule has 1 saturated heterocycles. The highest BCUT2D eigenvalue weighted by atomic mass is 16.5. The van der Waals surface area contributed by atoms with Gasteiger partial charge in [-0.25, -0.2) is 0 Å². The Morgan fingerprint density at radius 3 is 2.17 bits per heavy atom. The van der Waals surface area contributed by atoms with Gasteiger partial charge in [0.05, 0.1) is 14.2 Å². The topological polar surface area (TPSA) is 63.3 Å². The number of rotatable bonds is 9. The van der Waals surface area contributed by atoms with Crippen LogP contribution in [0, 0.1) is 0 Å². The van der Waals surface area contributed by atoms with E-state index in [1.165, 1.54) is 19.3 Å². The number of carbonyl (C=O) groups is 1. The molecule has 1 saturated carbocycles. The van der Waals surface area contributed by atoms with Crippen molar-refractivity contribution in [2.24, 2.45) is 0 Å². The lowest BCUT2D eigenvalue weighted by Gasteiger charge is -2.49. The number of likely N-dealkylation sites (N-methyl/N-ethyl adjacent to an activating group) is 1. The Labute approximate surface area is 209 Å². The van der Waals surface area contributed by atoms with Gasteiger partial charge in [0.2, 0.25) is 5.75 Å². The molecule has 1 amide bonds. The molecule has 1 aliphatic heterocycles. The molecule has 0 bridgehead atoms. The number of amides is 1. The van der Waals surface area contributed by atoms with Gasteiger partial charge in [0.25, 0.3) is 5.91 Å². The van der Waals surface area contributed by atoms with E-state index in [0.29, 0.717) is 36.0 Å². The molecule has 7 nitrogen and oxygen atoms in total. The fourth-order valence-corrected chi connectivity index (χ4v) is 5.33. The first-order valence-corrected chi connectivity index (χ1v) is 12.7. The summed E-state index contributed by atoms with van der Waals surface area (Å²) in [5.41, 5.74) is 1.59. The van der Waals surface area contributed by atoms with Crippen molar-refractivity contribution in [3.05, 3.63) is 53.6 Å². The minimum absolute atomic E-state index is 0.0437. The molecule has 4 rings (SSSR count). The predicted octanol–water partition coefficient (Wildman–Crippen LogP) is 3.96. The first kappa shape index (κ1) is 25.3. The monoisotopic (exact) mass is 481 g/mol. The van der Waals surface area contributed by atoms with Crippen LogP contribution in [0.2, 0.25) is 0 Å². The smallest absolute Gasteiger partial charge is 0.251 e. The largest absolute Gasteiger partial charge is 0.493 e. The van der Waals surface area contributed by atoms with E-state index >= 15 is 0 Å². The number of benzene rings is 2. The van der Waals surface area contributed by atoms with Gasteiger partial charge in [-0.1, -0.05) is 49.6 Å². The third-order valence-electron chi connectivity index (χ3n) is 7.49. The van der Waals surface area contributed by atoms with Gasteiger partial charge >= 0.3 is 0 Å². The van der Waals surface area contributed by atoms with Gasteiger partial charge in [-0.3, -0.25) is 9.69 Å². The number of ether oxygens (including phenoxy) is 3. The summed E-state index contributed by atoms with van der Waals surface area (Å²) in [7, 11) is 5.34. The first-order valence-electron chi connectivity index (χ1n) is 12.7. The van der Waals surface area contributed by atoms with E-state index in [2.05, 4.69) is 22.2 Å². The molecule has 0 unspecified atom stereocenters. The van der Waals surface area contributed by atoms with Gasteiger partial charge in [0, 0.05) is 43.8 Å². The molecule has 1 heterocycles. The van der Waals surface area contributed by atoms with E-state index in [-0.39, 0.29) is 11.4 Å². The van der Waals surface area contributed by atoms with Crippen molar-refractivity contribution < 1.29 is 19.0 Å². The zero-order chi connectivity index (χ0) is 24.7. The van der Waals surface area contributed by atoms with E-state index in [1.54, 1.807) is 26.4 Å². The average Bonchev–Trinajstić information content (AvgIpc) is 2.91. The quantitative estimate of drug-likeness (QED) is 0.585. The molecular formula is C28H39N3O4. The van der Waals surface area contributed by atoms with Crippen molar-refractivity contribution in [3.8, 4) is 17.2 Å². The average molecular weight is 482 g/mol. The second kappa shape index (κ2) is 11.8. The number of nitrogens with zero attached hydrogens (tertiary/aromatic N) is 2. The molecule has 2 aromatic carbocycles. The van der Waals surface area contributed by atoms with Gasteiger partial charge < -0.3 is 24.4 Å². The molecule has 1 N–H and O–H groups in total. The van der Waals surface area contributed by atoms with Crippen LogP contribution >= 0.6 is 0 Å². The normalized spacial score (nSPS) is 18.6. The number of methoxy groups -OCH3 is 2. The lowest BCUT2D eigenvalue weighted by molar-refractivity contribution is 0.0138. The van der Waals surface area contributed by atoms with Crippen molar-refractivity contribution >= 4 is 5.91 Å². The van der Waals surface area contributed by atoms with Crippen LogP contribution in [0.1, 0.15) is 48.0 Å². The third-order valence-corrected chi connectivity index (χ3v) is 7.49. The Balaban J connectivity index is 1.48. The maximum Gasteiger partial charge on any atom is 0.251 e. The Hall–Kier alpha value is -2.77. The van der Waals surface area contributed by atoms with E-state index in [9.17, 15) is 4.79 Å². The molecular weight excluding hydrogens is 442 g/mol. The summed E-state index contributed by atoms with van der Waals surface area (Å²) in [5.74, 6) is 1.35. The summed E-state index contributed by atoms with van der Waals surface area (Å²) < 4.78 is 17.2. The molecule has 35 heavy (non-hydrogen) atoms. The van der Waals surface area contributed by atoms with Crippen molar-refractivity contribution in [2.75, 3.05) is 54.0 Å². The van der Waals surface area contributed by atoms with Crippen molar-refractivity contribution in [3.63, 3.8) is 0 Å². The van der Waals surface area contributed by atoms with E-state index in [1.807, 2.05) is 30.3 Å². The number of carbonyl (C=O) groups excluding carboxylic acids is 1. The fraction of sp³-hybridized carbons (Fsp3) is 0.536. The summed E-state index contributed by atoms with van der Waals surface area (Å²) >= 11 is 0. The van der Waals surface area contributed by atoms with Crippen LogP contribution in [0.4, 0.5) is 0 Å². The number of nitrogens with one attached hydrogen (secondary N) is 1. The SMILES string of the molecule is COc1cc(C(=O)NCC2(N3CCN(C)CC3)CCCCC2)cc(OC)c1OCc1ccccc1. The molecule has 2 aliphatic rings. The molecule has 190 valence electrons. The van der Waals surface area contributed by atoms with Crippen molar-refractivity contribution in [2.45, 2.75) is 44.2 Å². The van der Waals surface area contributed by atoms with Crippen LogP contribution in [-0.2, 0) is 6.61 Å². The highest BCUT2D eigenvalue weighted by molar-refractivity contribution is 5.95. The van der Waals surface area contributed by atoms with Gasteiger partial charge in [-0.2, -0.15) is 0 Å². The summed E-state index contributed by atoms with van der Waals surface area (Å²) in [5, 5.41) is 3.25. The standard InChI is InChI=1S/C28H39N3O4/c1-30-14-16-31(17-15-30)28(12-8-5-9-13-28)21-29-27(32)23-18-24(33-2)26(25(19-23)34-3)35-20-22-10-6-4-7-11-22/h4,6-7,10-11,18-19H,5,8-9,12-17,20-21H2,1-3H3,(H,29,32). The lowest BCUT2D eigenvalue weighted by atomic mass is 9.79. The van der Waals surface area contributed by atoms with E-state index < -0.39 is 0 Å². The first-order chi connectivity index (χ1) is 17.0. The predicted molar refractivity (Wildman–Crippen MR) is 138 cm³/mol. The van der Waals surface area contributed by atoms with Gasteiger partial charge in [-0.15, -0.1) is 0 Å². The van der Waals surface area contributed by atoms with E-state index in [0.717, 1.165) is 44.6 Å². The summed E-state index contributed by atoms with van der Waals surface area (Å²) in [6, 6.07) is 13.4. The Morgan fingerprint density at radius 1 is 0.943 bits per heavy atom. The molecule has 0 radical (unpaired) electrons. The third kappa shape index (κ3) is 6.08. The van der Waals surface area contributed by atoms with E-state index in [4.69, 9.17) is 14.2 Å². The van der Waals surface area contributed by atoms with Crippen LogP contribution in [0.15, 0.2) is 42.5 Å². The van der Waals surface area contributed by atoms with Crippen LogP contribution in [0.3, 0.4) is 0 Å². The Morgan fingerprint density at radius 2 is 1.57 bits per heavy atom. The maximum absolute atomic E-state index is 13.3. The fourth-order valence-electron chi connectivity index (χ4n) is 5.33. The number of piperazine rings is 1. The molecule has 0 aromatic heterocycles. The van der Waals surface area contributed by atoms with Crippen molar-refractivity contribution in [1.29, 1.82) is 0 Å². The molecule has 7 heteroatoms. The van der Waals surface area contributed by atoms with Gasteiger partial charge in [0.1, 0.15) is 6.61 Å². The van der Waals surface area contributed by atoms with Crippen LogP contribution in [-0.4, -0.2) is 75.2 Å². The molecule has 0 spiro atoms. The number of hydrogen-bond donors (Lipinski definition) is 1. The van der Waals surface area contributed by atoms with Crippen LogP contribution < -0.4 is 19.5 Å². The second-order valence-electron chi connectivity index (χ2n) is 9.74. The van der Waals surface area contributed by atoms with Gasteiger partial charge in [-0.05, 0) is 37.6 Å². The molecule has 2 fully saturated rings. The van der Waals surface area contributed by atoms with Crippen LogP contribution in [0.5, 0.6) is 17.2 Å². The number of hydrogen-bond acceptors (Lipinski definition) is 6. The van der Waals surface area contributed by atoms with Crippen molar-refractivity contribution in [1.82, 2.24) is 15.1 Å². The van der Waals surface area contributed by atoms with Gasteiger partial charge in [0.15, 0.2) is 11.5 Å². The summed E-state index contributed by atoms with van der Waals surface area (Å²) in [4.78, 5) is 18.3. The highest BCUT2D eigenvalue weighted by Gasteiger charge is 2.39. The lowest BCUT2D eigenvalue weighted by Crippen LogP contribution is -2.61. The zero-order valence-electron chi connectivity index (χ0n) is 21.3. The maximum atomic E-state index is 13.3. The highest BCUT2D eigenvalue weighted by Crippen LogP contribution is 2.39. The molecule has 0 atom stereocenters. The Bertz CT molecular complexity index is 942. The zero-order valence-corrected chi connectivity index (χ0v) is 21.3. The molecule has 2 aromatic rings. The summed E-state index contributed by atoms with van der Waals surface area (Å²) in [6.07, 6.45) is 5.99. The minimum Gasteiger partial charge on any atom is -0.493 e. The minimum atomic E-state index is -0.115. The molecule has 1 aliphatic carbocycles.